The second kappa shape index (κ2) is 13.3. The fourth-order valence-electron chi connectivity index (χ4n) is 4.39. The normalized spacial score (nSPS) is 17.6. The Morgan fingerprint density at radius 3 is 2.69 bits per heavy atom. The first-order valence-electron chi connectivity index (χ1n) is 12.4. The van der Waals surface area contributed by atoms with E-state index in [1.165, 1.54) is 6.34 Å². The van der Waals surface area contributed by atoms with Crippen LogP contribution in [0.1, 0.15) is 19.3 Å². The van der Waals surface area contributed by atoms with Gasteiger partial charge in [-0.25, -0.2) is 9.38 Å². The molecule has 1 aromatic heterocycles. The summed E-state index contributed by atoms with van der Waals surface area (Å²) in [4.78, 5) is 21.8. The zero-order valence-corrected chi connectivity index (χ0v) is 21.9. The highest BCUT2D eigenvalue weighted by Gasteiger charge is 2.26. The Morgan fingerprint density at radius 2 is 2.03 bits per heavy atom. The van der Waals surface area contributed by atoms with Crippen molar-refractivity contribution in [1.82, 2.24) is 4.90 Å². The monoisotopic (exact) mass is 534 g/mol. The van der Waals surface area contributed by atoms with E-state index in [2.05, 4.69) is 22.0 Å². The number of anilines is 1. The van der Waals surface area contributed by atoms with Gasteiger partial charge in [-0.15, -0.1) is 0 Å². The van der Waals surface area contributed by atoms with Crippen LogP contribution in [-0.4, -0.2) is 57.3 Å². The minimum atomic E-state index is -0.341. The number of nitrogens with one attached hydrogen (secondary N) is 1. The predicted octanol–water partition coefficient (Wildman–Crippen LogP) is 5.62. The van der Waals surface area contributed by atoms with Crippen LogP contribution in [0.3, 0.4) is 0 Å². The van der Waals surface area contributed by atoms with Gasteiger partial charge in [0.1, 0.15) is 29.8 Å². The minimum absolute atomic E-state index is 0.132. The lowest BCUT2D eigenvalue weighted by atomic mass is 10.0. The van der Waals surface area contributed by atoms with E-state index in [1.54, 1.807) is 25.4 Å². The third-order valence-corrected chi connectivity index (χ3v) is 6.36. The summed E-state index contributed by atoms with van der Waals surface area (Å²) in [5, 5.41) is 3.37. The van der Waals surface area contributed by atoms with Crippen LogP contribution in [0.5, 0.6) is 5.75 Å². The number of methoxy groups -OCH3 is 2. The molecule has 1 aromatic carbocycles. The van der Waals surface area contributed by atoms with E-state index in [0.717, 1.165) is 23.0 Å². The molecule has 10 heteroatoms. The van der Waals surface area contributed by atoms with Crippen LogP contribution in [0.25, 0.3) is 11.3 Å². The number of carbonyl (C=O) groups excluding carboxylic acids is 1. The maximum absolute atomic E-state index is 12.4. The van der Waals surface area contributed by atoms with Crippen molar-refractivity contribution in [2.45, 2.75) is 25.4 Å². The third-order valence-electron chi connectivity index (χ3n) is 6.36. The number of nitrogens with zero attached hydrogens (tertiary/aromatic N) is 3. The van der Waals surface area contributed by atoms with Gasteiger partial charge >= 0.3 is 0 Å². The first kappa shape index (κ1) is 27.4. The summed E-state index contributed by atoms with van der Waals surface area (Å²) >= 11 is 0. The van der Waals surface area contributed by atoms with Crippen molar-refractivity contribution in [3.63, 3.8) is 0 Å². The molecular weight excluding hydrogens is 503 g/mol. The van der Waals surface area contributed by atoms with Crippen molar-refractivity contribution in [2.75, 3.05) is 32.6 Å². The Balaban J connectivity index is 1.60. The average Bonchev–Trinajstić information content (AvgIpc) is 3.51. The number of halogens is 1. The Labute approximate surface area is 226 Å². The third kappa shape index (κ3) is 6.84. The molecule has 2 aliphatic rings. The lowest BCUT2D eigenvalue weighted by Crippen LogP contribution is -2.40. The molecule has 0 bridgehead atoms. The number of likely N-dealkylation sites (tertiary alicyclic amines) is 1. The minimum Gasteiger partial charge on any atom is -0.495 e. The summed E-state index contributed by atoms with van der Waals surface area (Å²) in [6.45, 7) is 4.45. The van der Waals surface area contributed by atoms with Gasteiger partial charge in [-0.05, 0) is 55.6 Å². The maximum atomic E-state index is 12.4. The number of ether oxygens (including phenoxy) is 3. The number of allylic oxidation sites excluding steroid dienone is 3. The van der Waals surface area contributed by atoms with Gasteiger partial charge in [-0.2, -0.15) is 0 Å². The Hall–Kier alpha value is -4.60. The predicted molar refractivity (Wildman–Crippen MR) is 148 cm³/mol. The summed E-state index contributed by atoms with van der Waals surface area (Å²) < 4.78 is 35.4. The maximum Gasteiger partial charge on any atom is 0.248 e. The molecule has 1 N–H and O–H groups in total. The Bertz CT molecular complexity index is 1320. The van der Waals surface area contributed by atoms with Gasteiger partial charge in [-0.1, -0.05) is 0 Å². The van der Waals surface area contributed by atoms with Crippen molar-refractivity contribution >= 4 is 24.7 Å². The van der Waals surface area contributed by atoms with Gasteiger partial charge in [0.05, 0.1) is 32.5 Å². The number of hydrogen-bond donors (Lipinski definition) is 1. The van der Waals surface area contributed by atoms with Crippen LogP contribution in [0.2, 0.25) is 0 Å². The van der Waals surface area contributed by atoms with E-state index in [1.807, 2.05) is 42.5 Å². The molecule has 2 heterocycles. The molecule has 0 saturated carbocycles. The first-order valence-corrected chi connectivity index (χ1v) is 12.4. The van der Waals surface area contributed by atoms with Crippen LogP contribution >= 0.6 is 0 Å². The molecule has 1 amide bonds. The van der Waals surface area contributed by atoms with Gasteiger partial charge < -0.3 is 28.8 Å². The van der Waals surface area contributed by atoms with Crippen molar-refractivity contribution < 1.29 is 27.8 Å². The number of hydrogen-bond acceptors (Lipinski definition) is 7. The number of piperidine rings is 1. The van der Waals surface area contributed by atoms with Crippen molar-refractivity contribution in [2.24, 2.45) is 9.98 Å². The molecule has 1 aliphatic carbocycles. The zero-order valence-electron chi connectivity index (χ0n) is 21.9. The molecule has 1 aliphatic heterocycles. The van der Waals surface area contributed by atoms with Crippen molar-refractivity contribution in [3.8, 4) is 17.1 Å². The van der Waals surface area contributed by atoms with Crippen LogP contribution in [-0.2, 0) is 14.3 Å². The fourth-order valence-corrected chi connectivity index (χ4v) is 4.39. The molecule has 0 radical (unpaired) electrons. The number of aliphatic imine (C=N–C) groups is 2. The van der Waals surface area contributed by atoms with E-state index in [9.17, 15) is 9.18 Å². The van der Waals surface area contributed by atoms with Crippen LogP contribution in [0.15, 0.2) is 98.5 Å². The highest BCUT2D eigenvalue weighted by atomic mass is 19.1. The first-order chi connectivity index (χ1) is 19.1. The van der Waals surface area contributed by atoms with E-state index in [0.29, 0.717) is 61.1 Å². The van der Waals surface area contributed by atoms with Gasteiger partial charge in [0.2, 0.25) is 5.91 Å². The fraction of sp³-hybridized carbons (Fsp3) is 0.276. The van der Waals surface area contributed by atoms with E-state index in [4.69, 9.17) is 18.6 Å². The molecule has 0 atom stereocenters. The van der Waals surface area contributed by atoms with Gasteiger partial charge in [-0.3, -0.25) is 9.79 Å². The molecule has 39 heavy (non-hydrogen) atoms. The van der Waals surface area contributed by atoms with E-state index in [-0.39, 0.29) is 18.3 Å². The largest absolute Gasteiger partial charge is 0.495 e. The quantitative estimate of drug-likeness (QED) is 0.242. The van der Waals surface area contributed by atoms with Gasteiger partial charge in [0.15, 0.2) is 11.5 Å². The standard InChI is InChI=1S/C29H31FN4O5/c1-31-19-32-29(33-23-17-20(6-8-25(23)36-2)24-5-4-16-38-24)21-7-9-26(37-3)27(18-21)39-22-11-14-34(15-12-22)28(35)10-13-30/h4-6,8-10,13,16-19,22,33H,1,7,11-12,14-15H2,2-3H3/b13-10+,29-21-,32-19?. The number of benzene rings is 1. The average molecular weight is 535 g/mol. The molecule has 0 unspecified atom stereocenters. The molecule has 4 rings (SSSR count). The summed E-state index contributed by atoms with van der Waals surface area (Å²) in [5.41, 5.74) is 2.39. The topological polar surface area (TPSA) is 97.9 Å². The Kier molecular flexibility index (Phi) is 9.34. The van der Waals surface area contributed by atoms with Crippen LogP contribution in [0, 0.1) is 0 Å². The summed E-state index contributed by atoms with van der Waals surface area (Å²) in [7, 11) is 3.19. The second-order valence-corrected chi connectivity index (χ2v) is 8.74. The lowest BCUT2D eigenvalue weighted by Gasteiger charge is -2.32. The summed E-state index contributed by atoms with van der Waals surface area (Å²) in [6, 6.07) is 9.40. The smallest absolute Gasteiger partial charge is 0.248 e. The molecule has 1 fully saturated rings. The van der Waals surface area contributed by atoms with Gasteiger partial charge in [0, 0.05) is 43.1 Å². The Morgan fingerprint density at radius 1 is 1.21 bits per heavy atom. The summed E-state index contributed by atoms with van der Waals surface area (Å²) in [5.74, 6) is 2.71. The number of rotatable bonds is 10. The van der Waals surface area contributed by atoms with E-state index < -0.39 is 0 Å². The molecular formula is C29H31FN4O5. The lowest BCUT2D eigenvalue weighted by molar-refractivity contribution is -0.128. The number of furan rings is 1. The van der Waals surface area contributed by atoms with Crippen molar-refractivity contribution in [3.05, 3.63) is 84.1 Å². The zero-order chi connectivity index (χ0) is 27.6. The second-order valence-electron chi connectivity index (χ2n) is 8.74. The highest BCUT2D eigenvalue weighted by Crippen LogP contribution is 2.34. The number of carbonyl (C=O) groups is 1. The van der Waals surface area contributed by atoms with Gasteiger partial charge in [0.25, 0.3) is 0 Å². The highest BCUT2D eigenvalue weighted by molar-refractivity contribution is 5.87. The number of amides is 1. The van der Waals surface area contributed by atoms with E-state index >= 15 is 0 Å². The molecule has 1 saturated heterocycles. The molecule has 2 aromatic rings. The summed E-state index contributed by atoms with van der Waals surface area (Å²) in [6.07, 6.45) is 9.60. The van der Waals surface area contributed by atoms with Crippen molar-refractivity contribution in [1.29, 1.82) is 0 Å². The molecule has 9 nitrogen and oxygen atoms in total. The SMILES string of the molecule is C=NC=N/C(Nc1cc(-c2ccco2)ccc1OC)=C1/C=C(OC2CCN(C(=O)/C=C/F)CC2)C(OC)=CC1. The molecule has 0 spiro atoms. The van der Waals surface area contributed by atoms with Crippen LogP contribution in [0.4, 0.5) is 10.1 Å². The van der Waals surface area contributed by atoms with Crippen LogP contribution < -0.4 is 10.1 Å². The molecule has 204 valence electrons.